The molecule has 0 amide bonds. The third kappa shape index (κ3) is 3.50. The Morgan fingerprint density at radius 3 is 2.59 bits per heavy atom. The highest BCUT2D eigenvalue weighted by Gasteiger charge is 2.42. The summed E-state index contributed by atoms with van der Waals surface area (Å²) in [6, 6.07) is 22.0. The van der Waals surface area contributed by atoms with Gasteiger partial charge in [-0.15, -0.1) is 0 Å². The summed E-state index contributed by atoms with van der Waals surface area (Å²) in [4.78, 5) is 11.1. The summed E-state index contributed by atoms with van der Waals surface area (Å²) in [6.45, 7) is 2.10. The number of rotatable bonds is 5. The Bertz CT molecular complexity index is 1240. The second kappa shape index (κ2) is 8.43. The van der Waals surface area contributed by atoms with Gasteiger partial charge in [0.1, 0.15) is 11.8 Å². The molecule has 4 aromatic rings. The van der Waals surface area contributed by atoms with E-state index in [0.29, 0.717) is 5.11 Å². The first-order valence-electron chi connectivity index (χ1n) is 10.4. The highest BCUT2D eigenvalue weighted by atomic mass is 32.1. The minimum absolute atomic E-state index is 0.125. The number of anilines is 1. The van der Waals surface area contributed by atoms with Crippen LogP contribution in [0.3, 0.4) is 0 Å². The van der Waals surface area contributed by atoms with Crippen molar-refractivity contribution in [2.24, 2.45) is 0 Å². The van der Waals surface area contributed by atoms with Gasteiger partial charge in [-0.3, -0.25) is 9.97 Å². The minimum Gasteiger partial charge on any atom is -0.497 e. The van der Waals surface area contributed by atoms with Crippen LogP contribution in [0.25, 0.3) is 5.69 Å². The molecule has 1 N–H and O–H groups in total. The summed E-state index contributed by atoms with van der Waals surface area (Å²) in [5.74, 6) is 0.782. The van der Waals surface area contributed by atoms with Crippen LogP contribution in [0, 0.1) is 6.92 Å². The number of nitrogens with one attached hydrogen (secondary N) is 1. The average Bonchev–Trinajstić information content (AvgIpc) is 3.39. The molecule has 1 aliphatic heterocycles. The van der Waals surface area contributed by atoms with E-state index < -0.39 is 0 Å². The molecular weight excluding hydrogens is 418 g/mol. The molecule has 0 aliphatic carbocycles. The lowest BCUT2D eigenvalue weighted by molar-refractivity contribution is 0.414. The van der Waals surface area contributed by atoms with Gasteiger partial charge in [-0.05, 0) is 67.7 Å². The fourth-order valence-corrected chi connectivity index (χ4v) is 4.67. The van der Waals surface area contributed by atoms with E-state index in [9.17, 15) is 0 Å². The van der Waals surface area contributed by atoms with E-state index in [2.05, 4.69) is 55.9 Å². The van der Waals surface area contributed by atoms with E-state index in [1.165, 1.54) is 0 Å². The molecule has 0 radical (unpaired) electrons. The average molecular weight is 442 g/mol. The van der Waals surface area contributed by atoms with Crippen LogP contribution in [-0.2, 0) is 0 Å². The first-order valence-corrected chi connectivity index (χ1v) is 10.8. The molecule has 6 nitrogen and oxygen atoms in total. The van der Waals surface area contributed by atoms with Gasteiger partial charge in [0.2, 0.25) is 0 Å². The third-order valence-electron chi connectivity index (χ3n) is 5.74. The Morgan fingerprint density at radius 2 is 1.84 bits per heavy atom. The van der Waals surface area contributed by atoms with Gasteiger partial charge in [0.15, 0.2) is 5.11 Å². The zero-order chi connectivity index (χ0) is 22.1. The second-order valence-electron chi connectivity index (χ2n) is 7.64. The number of pyridine rings is 2. The van der Waals surface area contributed by atoms with Gasteiger partial charge >= 0.3 is 0 Å². The summed E-state index contributed by atoms with van der Waals surface area (Å²) in [5.41, 5.74) is 5.12. The predicted molar refractivity (Wildman–Crippen MR) is 129 cm³/mol. The molecule has 32 heavy (non-hydrogen) atoms. The lowest BCUT2D eigenvalue weighted by Gasteiger charge is -2.29. The fraction of sp³-hybridized carbons (Fsp3) is 0.160. The molecular formula is C25H23N5OS. The first-order chi connectivity index (χ1) is 15.7. The van der Waals surface area contributed by atoms with Crippen LogP contribution < -0.4 is 15.0 Å². The zero-order valence-electron chi connectivity index (χ0n) is 17.8. The maximum atomic E-state index is 5.85. The number of hydrogen-bond donors (Lipinski definition) is 1. The molecule has 3 aromatic heterocycles. The van der Waals surface area contributed by atoms with E-state index in [0.717, 1.165) is 34.2 Å². The summed E-state index contributed by atoms with van der Waals surface area (Å²) < 4.78 is 7.72. The Morgan fingerprint density at radius 1 is 0.969 bits per heavy atom. The number of nitrogens with zero attached hydrogens (tertiary/aromatic N) is 4. The number of hydrogen-bond acceptors (Lipinski definition) is 4. The largest absolute Gasteiger partial charge is 0.497 e. The number of aromatic nitrogens is 3. The van der Waals surface area contributed by atoms with Crippen LogP contribution >= 0.6 is 12.2 Å². The van der Waals surface area contributed by atoms with Crippen molar-refractivity contribution < 1.29 is 4.74 Å². The quantitative estimate of drug-likeness (QED) is 0.451. The van der Waals surface area contributed by atoms with E-state index in [-0.39, 0.29) is 12.1 Å². The lowest BCUT2D eigenvalue weighted by Crippen LogP contribution is -2.30. The van der Waals surface area contributed by atoms with Crippen LogP contribution in [-0.4, -0.2) is 26.8 Å². The van der Waals surface area contributed by atoms with E-state index >= 15 is 0 Å². The first kappa shape index (κ1) is 20.2. The molecule has 4 heterocycles. The van der Waals surface area contributed by atoms with Gasteiger partial charge in [0.05, 0.1) is 30.7 Å². The highest BCUT2D eigenvalue weighted by molar-refractivity contribution is 7.80. The number of thiocarbonyl (C=S) groups is 1. The Kier molecular flexibility index (Phi) is 5.33. The standard InChI is InChI=1S/C25H23N5OS/c1-17-11-12-22(29(17)19-8-6-13-26-16-19)24-23(21-10-3-4-14-27-21)28-25(32)30(24)18-7-5-9-20(15-18)31-2/h3-16,23-24H,1-2H3,(H,28,32). The molecule has 2 atom stereocenters. The Hall–Kier alpha value is -3.71. The summed E-state index contributed by atoms with van der Waals surface area (Å²) in [6.07, 6.45) is 5.48. The van der Waals surface area contributed by atoms with Crippen LogP contribution in [0.1, 0.15) is 29.2 Å². The van der Waals surface area contributed by atoms with Crippen LogP contribution in [0.5, 0.6) is 5.75 Å². The van der Waals surface area contributed by atoms with Gasteiger partial charge in [0, 0.05) is 35.5 Å². The van der Waals surface area contributed by atoms with Crippen molar-refractivity contribution in [3.8, 4) is 11.4 Å². The monoisotopic (exact) mass is 441 g/mol. The third-order valence-corrected chi connectivity index (χ3v) is 6.06. The maximum absolute atomic E-state index is 5.85. The molecule has 5 rings (SSSR count). The number of ether oxygens (including phenoxy) is 1. The number of aryl methyl sites for hydroxylation is 1. The molecule has 0 saturated carbocycles. The van der Waals surface area contributed by atoms with Crippen LogP contribution in [0.15, 0.2) is 85.3 Å². The van der Waals surface area contributed by atoms with Crippen molar-refractivity contribution in [2.75, 3.05) is 12.0 Å². The van der Waals surface area contributed by atoms with Crippen molar-refractivity contribution in [1.82, 2.24) is 19.9 Å². The van der Waals surface area contributed by atoms with E-state index in [1.54, 1.807) is 13.3 Å². The summed E-state index contributed by atoms with van der Waals surface area (Å²) >= 11 is 5.85. The zero-order valence-corrected chi connectivity index (χ0v) is 18.7. The van der Waals surface area contributed by atoms with Gasteiger partial charge < -0.3 is 19.5 Å². The van der Waals surface area contributed by atoms with Gasteiger partial charge in [0.25, 0.3) is 0 Å². The van der Waals surface area contributed by atoms with Gasteiger partial charge in [-0.1, -0.05) is 12.1 Å². The van der Waals surface area contributed by atoms with Crippen LogP contribution in [0.4, 0.5) is 5.69 Å². The molecule has 0 spiro atoms. The molecule has 1 saturated heterocycles. The SMILES string of the molecule is COc1cccc(N2C(=S)NC(c3ccccn3)C2c2ccc(C)n2-c2cccnc2)c1. The van der Waals surface area contributed by atoms with Gasteiger partial charge in [-0.25, -0.2) is 0 Å². The summed E-state index contributed by atoms with van der Waals surface area (Å²) in [7, 11) is 1.67. The molecule has 1 aromatic carbocycles. The normalized spacial score (nSPS) is 17.9. The van der Waals surface area contributed by atoms with Crippen molar-refractivity contribution in [1.29, 1.82) is 0 Å². The lowest BCUT2D eigenvalue weighted by atomic mass is 10.0. The molecule has 160 valence electrons. The van der Waals surface area contributed by atoms with Crippen molar-refractivity contribution in [3.63, 3.8) is 0 Å². The van der Waals surface area contributed by atoms with E-state index in [1.807, 2.05) is 54.9 Å². The molecule has 7 heteroatoms. The van der Waals surface area contributed by atoms with Gasteiger partial charge in [-0.2, -0.15) is 0 Å². The second-order valence-corrected chi connectivity index (χ2v) is 8.03. The molecule has 0 bridgehead atoms. The topological polar surface area (TPSA) is 55.2 Å². The van der Waals surface area contributed by atoms with Crippen molar-refractivity contribution in [3.05, 3.63) is 102 Å². The van der Waals surface area contributed by atoms with Crippen LogP contribution in [0.2, 0.25) is 0 Å². The maximum Gasteiger partial charge on any atom is 0.174 e. The molecule has 1 fully saturated rings. The Labute approximate surface area is 192 Å². The molecule has 2 unspecified atom stereocenters. The number of methoxy groups -OCH3 is 1. The smallest absolute Gasteiger partial charge is 0.174 e. The highest BCUT2D eigenvalue weighted by Crippen LogP contribution is 2.43. The Balaban J connectivity index is 1.70. The molecule has 1 aliphatic rings. The number of benzene rings is 1. The summed E-state index contributed by atoms with van der Waals surface area (Å²) in [5, 5.41) is 4.17. The fourth-order valence-electron chi connectivity index (χ4n) is 4.32. The minimum atomic E-state index is -0.126. The van der Waals surface area contributed by atoms with Crippen molar-refractivity contribution in [2.45, 2.75) is 19.0 Å². The van der Waals surface area contributed by atoms with E-state index in [4.69, 9.17) is 17.0 Å². The predicted octanol–water partition coefficient (Wildman–Crippen LogP) is 4.76. The van der Waals surface area contributed by atoms with Crippen molar-refractivity contribution >= 4 is 23.0 Å².